The van der Waals surface area contributed by atoms with Gasteiger partial charge in [0.05, 0.1) is 6.54 Å². The summed E-state index contributed by atoms with van der Waals surface area (Å²) >= 11 is 1.22. The maximum Gasteiger partial charge on any atom is 0.250 e. The monoisotopic (exact) mass is 449 g/mol. The molecule has 1 aliphatic heterocycles. The summed E-state index contributed by atoms with van der Waals surface area (Å²) in [5.41, 5.74) is 2.54. The Morgan fingerprint density at radius 3 is 2.47 bits per heavy atom. The van der Waals surface area contributed by atoms with Crippen molar-refractivity contribution >= 4 is 27.3 Å². The van der Waals surface area contributed by atoms with E-state index in [0.717, 1.165) is 6.42 Å². The van der Waals surface area contributed by atoms with Gasteiger partial charge in [-0.3, -0.25) is 9.69 Å². The van der Waals surface area contributed by atoms with E-state index in [1.54, 1.807) is 17.5 Å². The summed E-state index contributed by atoms with van der Waals surface area (Å²) in [7, 11) is -3.43. The summed E-state index contributed by atoms with van der Waals surface area (Å²) in [6.07, 6.45) is 2.23. The molecule has 2 aromatic rings. The molecule has 1 aromatic heterocycles. The van der Waals surface area contributed by atoms with Crippen LogP contribution in [0.25, 0.3) is 0 Å². The predicted octanol–water partition coefficient (Wildman–Crippen LogP) is 2.97. The maximum absolute atomic E-state index is 12.3. The van der Waals surface area contributed by atoms with E-state index in [1.807, 2.05) is 0 Å². The molecule has 1 aliphatic rings. The van der Waals surface area contributed by atoms with Gasteiger partial charge in [-0.1, -0.05) is 44.2 Å². The smallest absolute Gasteiger partial charge is 0.250 e. The Morgan fingerprint density at radius 2 is 1.87 bits per heavy atom. The molecule has 0 radical (unpaired) electrons. The average molecular weight is 450 g/mol. The van der Waals surface area contributed by atoms with E-state index < -0.39 is 10.0 Å². The van der Waals surface area contributed by atoms with Crippen LogP contribution in [0.15, 0.2) is 46.0 Å². The van der Waals surface area contributed by atoms with Crippen molar-refractivity contribution in [2.24, 2.45) is 0 Å². The van der Waals surface area contributed by atoms with Gasteiger partial charge in [0.1, 0.15) is 4.21 Å². The number of sulfonamides is 1. The number of rotatable bonds is 9. The Labute approximate surface area is 183 Å². The number of nitrogens with zero attached hydrogens (tertiary/aromatic N) is 1. The zero-order chi connectivity index (χ0) is 21.6. The van der Waals surface area contributed by atoms with Crippen molar-refractivity contribution in [2.75, 3.05) is 26.2 Å². The summed E-state index contributed by atoms with van der Waals surface area (Å²) in [5, 5.41) is 4.75. The molecule has 0 bridgehead atoms. The van der Waals surface area contributed by atoms with E-state index in [0.29, 0.717) is 49.1 Å². The van der Waals surface area contributed by atoms with Gasteiger partial charge in [-0.2, -0.15) is 0 Å². The van der Waals surface area contributed by atoms with Crippen molar-refractivity contribution < 1.29 is 13.2 Å². The summed E-state index contributed by atoms with van der Waals surface area (Å²) in [6.45, 7) is 6.75. The molecule has 30 heavy (non-hydrogen) atoms. The molecular formula is C22H31N3O3S2. The summed E-state index contributed by atoms with van der Waals surface area (Å²) in [6, 6.07) is 11.8. The Kier molecular flexibility index (Phi) is 8.05. The highest BCUT2D eigenvalue weighted by atomic mass is 32.2. The minimum Gasteiger partial charge on any atom is -0.355 e. The summed E-state index contributed by atoms with van der Waals surface area (Å²) in [5.74, 6) is 0.542. The van der Waals surface area contributed by atoms with Crippen LogP contribution in [-0.4, -0.2) is 51.4 Å². The van der Waals surface area contributed by atoms with Gasteiger partial charge in [0.2, 0.25) is 15.9 Å². The molecule has 8 heteroatoms. The van der Waals surface area contributed by atoms with Gasteiger partial charge in [-0.25, -0.2) is 13.1 Å². The fraction of sp³-hybridized carbons (Fsp3) is 0.500. The van der Waals surface area contributed by atoms with E-state index in [9.17, 15) is 13.2 Å². The Balaban J connectivity index is 1.35. The van der Waals surface area contributed by atoms with Gasteiger partial charge in [0.15, 0.2) is 0 Å². The first-order valence-electron chi connectivity index (χ1n) is 10.5. The number of hydrogen-bond acceptors (Lipinski definition) is 5. The lowest BCUT2D eigenvalue weighted by atomic mass is 10.0. The second kappa shape index (κ2) is 10.5. The van der Waals surface area contributed by atoms with Crippen LogP contribution < -0.4 is 10.0 Å². The minimum atomic E-state index is -3.43. The second-order valence-electron chi connectivity index (χ2n) is 8.10. The molecule has 1 aromatic carbocycles. The van der Waals surface area contributed by atoms with Crippen LogP contribution in [0.5, 0.6) is 0 Å². The van der Waals surface area contributed by atoms with E-state index in [-0.39, 0.29) is 11.9 Å². The number of carbonyl (C=O) groups is 1. The fourth-order valence-electron chi connectivity index (χ4n) is 3.58. The van der Waals surface area contributed by atoms with Crippen molar-refractivity contribution in [1.29, 1.82) is 0 Å². The molecular weight excluding hydrogens is 418 g/mol. The van der Waals surface area contributed by atoms with Crippen molar-refractivity contribution in [3.8, 4) is 0 Å². The van der Waals surface area contributed by atoms with E-state index in [2.05, 4.69) is 53.1 Å². The van der Waals surface area contributed by atoms with Gasteiger partial charge in [0.25, 0.3) is 0 Å². The molecule has 164 valence electrons. The van der Waals surface area contributed by atoms with Crippen molar-refractivity contribution in [3.05, 3.63) is 52.9 Å². The van der Waals surface area contributed by atoms with Crippen LogP contribution in [0.4, 0.5) is 0 Å². The third-order valence-corrected chi connectivity index (χ3v) is 8.34. The number of thiophene rings is 1. The topological polar surface area (TPSA) is 78.5 Å². The number of benzene rings is 1. The highest BCUT2D eigenvalue weighted by Gasteiger charge is 2.25. The largest absolute Gasteiger partial charge is 0.355 e. The van der Waals surface area contributed by atoms with Gasteiger partial charge in [-0.05, 0) is 47.8 Å². The maximum atomic E-state index is 12.3. The number of carbonyl (C=O) groups excluding carboxylic acids is 1. The van der Waals surface area contributed by atoms with Crippen molar-refractivity contribution in [1.82, 2.24) is 14.9 Å². The lowest BCUT2D eigenvalue weighted by Gasteiger charge is -2.31. The molecule has 2 heterocycles. The molecule has 0 unspecified atom stereocenters. The van der Waals surface area contributed by atoms with Crippen molar-refractivity contribution in [2.45, 2.75) is 49.3 Å². The normalized spacial score (nSPS) is 16.1. The number of nitrogens with one attached hydrogen (secondary N) is 2. The molecule has 6 nitrogen and oxygen atoms in total. The average Bonchev–Trinajstić information content (AvgIpc) is 3.26. The zero-order valence-electron chi connectivity index (χ0n) is 17.6. The number of piperidine rings is 1. The highest BCUT2D eigenvalue weighted by Crippen LogP contribution is 2.19. The molecule has 0 atom stereocenters. The van der Waals surface area contributed by atoms with Crippen LogP contribution in [0.1, 0.15) is 43.7 Å². The molecule has 1 fully saturated rings. The highest BCUT2D eigenvalue weighted by molar-refractivity contribution is 7.91. The first-order valence-corrected chi connectivity index (χ1v) is 12.8. The minimum absolute atomic E-state index is 0.0198. The Bertz CT molecular complexity index is 902. The lowest BCUT2D eigenvalue weighted by Crippen LogP contribution is -2.47. The van der Waals surface area contributed by atoms with Crippen LogP contribution in [0.3, 0.4) is 0 Å². The first kappa shape index (κ1) is 22.9. The summed E-state index contributed by atoms with van der Waals surface area (Å²) in [4.78, 5) is 14.3. The standard InChI is InChI=1S/C22H31N3O3S2/c1-17(2)19-7-5-18(6-8-19)9-12-23-21(26)16-25-13-10-20(11-14-25)24-30(27,28)22-4-3-15-29-22/h3-8,15,17,20,24H,9-14,16H2,1-2H3,(H,23,26). The van der Waals surface area contributed by atoms with Crippen molar-refractivity contribution in [3.63, 3.8) is 0 Å². The molecule has 0 saturated carbocycles. The second-order valence-corrected chi connectivity index (χ2v) is 11.0. The van der Waals surface area contributed by atoms with Crippen LogP contribution >= 0.6 is 11.3 Å². The summed E-state index contributed by atoms with van der Waals surface area (Å²) < 4.78 is 27.8. The van der Waals surface area contributed by atoms with Gasteiger partial charge >= 0.3 is 0 Å². The first-order chi connectivity index (χ1) is 14.3. The Morgan fingerprint density at radius 1 is 1.17 bits per heavy atom. The van der Waals surface area contributed by atoms with E-state index in [4.69, 9.17) is 0 Å². The fourth-order valence-corrected chi connectivity index (χ4v) is 5.89. The van der Waals surface area contributed by atoms with Crippen LogP contribution in [0, 0.1) is 0 Å². The molecule has 0 spiro atoms. The number of amides is 1. The third-order valence-electron chi connectivity index (χ3n) is 5.42. The van der Waals surface area contributed by atoms with Crippen LogP contribution in [-0.2, 0) is 21.2 Å². The van der Waals surface area contributed by atoms with Gasteiger partial charge in [-0.15, -0.1) is 11.3 Å². The van der Waals surface area contributed by atoms with Crippen LogP contribution in [0.2, 0.25) is 0 Å². The number of likely N-dealkylation sites (tertiary alicyclic amines) is 1. The third kappa shape index (κ3) is 6.63. The predicted molar refractivity (Wildman–Crippen MR) is 121 cm³/mol. The molecule has 0 aliphatic carbocycles. The van der Waals surface area contributed by atoms with E-state index >= 15 is 0 Å². The molecule has 1 amide bonds. The quantitative estimate of drug-likeness (QED) is 0.617. The lowest BCUT2D eigenvalue weighted by molar-refractivity contribution is -0.122. The van der Waals surface area contributed by atoms with E-state index in [1.165, 1.54) is 22.5 Å². The number of hydrogen-bond donors (Lipinski definition) is 2. The molecule has 2 N–H and O–H groups in total. The van der Waals surface area contributed by atoms with Gasteiger partial charge < -0.3 is 5.32 Å². The molecule has 1 saturated heterocycles. The SMILES string of the molecule is CC(C)c1ccc(CCNC(=O)CN2CCC(NS(=O)(=O)c3cccs3)CC2)cc1. The Hall–Kier alpha value is -1.74. The molecule has 3 rings (SSSR count). The zero-order valence-corrected chi connectivity index (χ0v) is 19.3. The van der Waals surface area contributed by atoms with Gasteiger partial charge in [0, 0.05) is 25.7 Å².